The van der Waals surface area contributed by atoms with Gasteiger partial charge in [0.1, 0.15) is 0 Å². The molecule has 0 saturated heterocycles. The van der Waals surface area contributed by atoms with Crippen molar-refractivity contribution in [2.24, 2.45) is 0 Å². The first kappa shape index (κ1) is 23.8. The Hall–Kier alpha value is -2.47. The van der Waals surface area contributed by atoms with Crippen LogP contribution in [0.15, 0.2) is 41.3 Å². The van der Waals surface area contributed by atoms with Gasteiger partial charge in [-0.2, -0.15) is 0 Å². The molecule has 6 heteroatoms. The molecule has 0 unspecified atom stereocenters. The van der Waals surface area contributed by atoms with Crippen LogP contribution in [0.2, 0.25) is 0 Å². The summed E-state index contributed by atoms with van der Waals surface area (Å²) in [4.78, 5) is 24.7. The van der Waals surface area contributed by atoms with E-state index in [2.05, 4.69) is 52.1 Å². The van der Waals surface area contributed by atoms with Crippen LogP contribution in [0.3, 0.4) is 0 Å². The molecule has 0 bridgehead atoms. The Kier molecular flexibility index (Phi) is 7.96. The first-order chi connectivity index (χ1) is 14.0. The number of esters is 1. The summed E-state index contributed by atoms with van der Waals surface area (Å²) >= 11 is 0. The van der Waals surface area contributed by atoms with E-state index >= 15 is 0 Å². The molecule has 1 amide bonds. The number of rotatable bonds is 7. The fraction of sp³-hybridized carbons (Fsp3) is 0.417. The zero-order valence-corrected chi connectivity index (χ0v) is 19.4. The van der Waals surface area contributed by atoms with Crippen LogP contribution in [-0.4, -0.2) is 35.5 Å². The molecule has 1 N–H and O–H groups in total. The molecule has 0 saturated carbocycles. The van der Waals surface area contributed by atoms with E-state index in [-0.39, 0.29) is 23.5 Å². The van der Waals surface area contributed by atoms with E-state index in [4.69, 9.17) is 4.74 Å². The zero-order chi connectivity index (χ0) is 22.5. The predicted molar refractivity (Wildman–Crippen MR) is 120 cm³/mol. The quantitative estimate of drug-likeness (QED) is 0.679. The Morgan fingerprint density at radius 2 is 1.67 bits per heavy atom. The van der Waals surface area contributed by atoms with Crippen molar-refractivity contribution < 1.29 is 18.5 Å². The maximum absolute atomic E-state index is 12.2. The van der Waals surface area contributed by atoms with E-state index in [1.807, 2.05) is 0 Å². The summed E-state index contributed by atoms with van der Waals surface area (Å²) in [5.41, 5.74) is 5.26. The molecule has 0 spiro atoms. The van der Waals surface area contributed by atoms with Crippen LogP contribution in [0.5, 0.6) is 0 Å². The van der Waals surface area contributed by atoms with Gasteiger partial charge in [-0.25, -0.2) is 4.79 Å². The normalized spacial score (nSPS) is 12.3. The van der Waals surface area contributed by atoms with E-state index in [9.17, 15) is 13.8 Å². The van der Waals surface area contributed by atoms with Crippen LogP contribution >= 0.6 is 0 Å². The summed E-state index contributed by atoms with van der Waals surface area (Å²) in [6.07, 6.45) is 2.20. The molecule has 5 nitrogen and oxygen atoms in total. The van der Waals surface area contributed by atoms with Crippen LogP contribution in [0.1, 0.15) is 53.4 Å². The third-order valence-electron chi connectivity index (χ3n) is 5.01. The van der Waals surface area contributed by atoms with Crippen molar-refractivity contribution in [2.75, 3.05) is 19.4 Å². The van der Waals surface area contributed by atoms with Gasteiger partial charge >= 0.3 is 5.97 Å². The van der Waals surface area contributed by atoms with Crippen molar-refractivity contribution >= 4 is 22.7 Å². The maximum atomic E-state index is 12.2. The molecular formula is C24H31NO4S. The third-order valence-corrected chi connectivity index (χ3v) is 5.99. The van der Waals surface area contributed by atoms with Gasteiger partial charge in [-0.15, -0.1) is 0 Å². The third kappa shape index (κ3) is 6.26. The van der Waals surface area contributed by atoms with Gasteiger partial charge in [0, 0.05) is 12.8 Å². The van der Waals surface area contributed by atoms with Gasteiger partial charge in [-0.1, -0.05) is 45.0 Å². The Balaban J connectivity index is 1.89. The van der Waals surface area contributed by atoms with Crippen molar-refractivity contribution in [1.29, 1.82) is 0 Å². The lowest BCUT2D eigenvalue weighted by Gasteiger charge is -2.22. The second-order valence-electron chi connectivity index (χ2n) is 8.46. The number of hydrogen-bond acceptors (Lipinski definition) is 4. The average molecular weight is 430 g/mol. The summed E-state index contributed by atoms with van der Waals surface area (Å²) in [5, 5.41) is 2.80. The lowest BCUT2D eigenvalue weighted by Crippen LogP contribution is -2.30. The topological polar surface area (TPSA) is 72.5 Å². The van der Waals surface area contributed by atoms with Gasteiger partial charge < -0.3 is 10.1 Å². The number of aryl methyl sites for hydroxylation is 2. The number of nitrogens with one attached hydrogen (secondary N) is 1. The minimum atomic E-state index is -1.31. The largest absolute Gasteiger partial charge is 0.452 e. The molecule has 0 radical (unpaired) electrons. The van der Waals surface area contributed by atoms with Gasteiger partial charge in [0.25, 0.3) is 5.91 Å². The van der Waals surface area contributed by atoms with Crippen molar-refractivity contribution in [2.45, 2.75) is 51.3 Å². The van der Waals surface area contributed by atoms with Gasteiger partial charge in [0.2, 0.25) is 0 Å². The van der Waals surface area contributed by atoms with E-state index in [1.54, 1.807) is 24.3 Å². The Morgan fingerprint density at radius 1 is 1.07 bits per heavy atom. The Bertz CT molecular complexity index is 937. The molecule has 2 aromatic carbocycles. The maximum Gasteiger partial charge on any atom is 0.339 e. The number of hydrogen-bond donors (Lipinski definition) is 1. The number of benzene rings is 2. The van der Waals surface area contributed by atoms with Crippen molar-refractivity contribution in [1.82, 2.24) is 5.32 Å². The lowest BCUT2D eigenvalue weighted by atomic mass is 9.83. The SMILES string of the molecule is Cc1cc(C(C)(C)C)cc(C)c1CCNC(=O)COC(=O)c1ccccc1[S@](C)=O. The standard InChI is InChI=1S/C24H31NO4S/c1-16-13-18(24(3,4)5)14-17(2)19(16)11-12-25-22(26)15-29-23(27)20-9-7-8-10-21(20)30(6)28/h7-10,13-14H,11-12,15H2,1-6H3,(H,25,26)/t30-/m0/s1. The van der Waals surface area contributed by atoms with Crippen LogP contribution in [0, 0.1) is 13.8 Å². The van der Waals surface area contributed by atoms with E-state index < -0.39 is 16.8 Å². The molecule has 0 heterocycles. The monoisotopic (exact) mass is 429 g/mol. The summed E-state index contributed by atoms with van der Waals surface area (Å²) in [6, 6.07) is 11.0. The predicted octanol–water partition coefficient (Wildman–Crippen LogP) is 3.85. The molecule has 0 aliphatic rings. The Morgan fingerprint density at radius 3 is 2.23 bits per heavy atom. The minimum absolute atomic E-state index is 0.0924. The Labute approximate surface area is 181 Å². The molecule has 30 heavy (non-hydrogen) atoms. The molecule has 2 rings (SSSR count). The average Bonchev–Trinajstić information content (AvgIpc) is 2.67. The number of ether oxygens (including phenoxy) is 1. The van der Waals surface area contributed by atoms with Crippen molar-refractivity contribution in [3.8, 4) is 0 Å². The van der Waals surface area contributed by atoms with Gasteiger partial charge in [0.15, 0.2) is 6.61 Å². The highest BCUT2D eigenvalue weighted by Gasteiger charge is 2.17. The lowest BCUT2D eigenvalue weighted by molar-refractivity contribution is -0.124. The summed E-state index contributed by atoms with van der Waals surface area (Å²) in [6.45, 7) is 10.9. The molecule has 0 aromatic heterocycles. The van der Waals surface area contributed by atoms with Crippen molar-refractivity contribution in [3.05, 3.63) is 64.2 Å². The second-order valence-corrected chi connectivity index (χ2v) is 9.81. The highest BCUT2D eigenvalue weighted by Crippen LogP contribution is 2.27. The van der Waals surface area contributed by atoms with Crippen LogP contribution in [0.25, 0.3) is 0 Å². The highest BCUT2D eigenvalue weighted by atomic mass is 32.2. The second kappa shape index (κ2) is 10.0. The van der Waals surface area contributed by atoms with E-state index in [0.717, 1.165) is 0 Å². The molecule has 1 atom stereocenters. The number of carbonyl (C=O) groups is 2. The molecule has 0 aliphatic heterocycles. The highest BCUT2D eigenvalue weighted by molar-refractivity contribution is 7.84. The van der Waals surface area contributed by atoms with Crippen LogP contribution < -0.4 is 5.32 Å². The number of amides is 1. The molecule has 2 aromatic rings. The summed E-state index contributed by atoms with van der Waals surface area (Å²) in [7, 11) is -1.31. The fourth-order valence-electron chi connectivity index (χ4n) is 3.29. The van der Waals surface area contributed by atoms with E-state index in [1.165, 1.54) is 28.5 Å². The molecule has 0 aliphatic carbocycles. The molecular weight excluding hydrogens is 398 g/mol. The summed E-state index contributed by atoms with van der Waals surface area (Å²) in [5.74, 6) is -1.01. The summed E-state index contributed by atoms with van der Waals surface area (Å²) < 4.78 is 16.8. The van der Waals surface area contributed by atoms with Gasteiger partial charge in [-0.3, -0.25) is 9.00 Å². The minimum Gasteiger partial charge on any atom is -0.452 e. The van der Waals surface area contributed by atoms with Crippen LogP contribution in [-0.2, 0) is 32.2 Å². The smallest absolute Gasteiger partial charge is 0.339 e. The number of carbonyl (C=O) groups excluding carboxylic acids is 2. The van der Waals surface area contributed by atoms with E-state index in [0.29, 0.717) is 17.9 Å². The fourth-order valence-corrected chi connectivity index (χ4v) is 4.02. The molecule has 0 fully saturated rings. The van der Waals surface area contributed by atoms with Gasteiger partial charge in [0.05, 0.1) is 21.3 Å². The van der Waals surface area contributed by atoms with Crippen molar-refractivity contribution in [3.63, 3.8) is 0 Å². The molecule has 162 valence electrons. The van der Waals surface area contributed by atoms with Gasteiger partial charge in [-0.05, 0) is 60.1 Å². The first-order valence-corrected chi connectivity index (χ1v) is 11.5. The van der Waals surface area contributed by atoms with Crippen LogP contribution in [0.4, 0.5) is 0 Å². The first-order valence-electron chi connectivity index (χ1n) is 9.97. The zero-order valence-electron chi connectivity index (χ0n) is 18.6.